The third-order valence-corrected chi connectivity index (χ3v) is 4.85. The third-order valence-electron chi connectivity index (χ3n) is 4.85. The van der Waals surface area contributed by atoms with E-state index in [0.29, 0.717) is 30.2 Å². The van der Waals surface area contributed by atoms with Gasteiger partial charge in [0.1, 0.15) is 0 Å². The van der Waals surface area contributed by atoms with Crippen molar-refractivity contribution >= 4 is 17.5 Å². The lowest BCUT2D eigenvalue weighted by molar-refractivity contribution is -0.117. The molecule has 0 saturated carbocycles. The van der Waals surface area contributed by atoms with E-state index < -0.39 is 0 Å². The van der Waals surface area contributed by atoms with Crippen LogP contribution in [0.3, 0.4) is 0 Å². The van der Waals surface area contributed by atoms with Gasteiger partial charge in [0.05, 0.1) is 13.1 Å². The smallest absolute Gasteiger partial charge is 0.251 e. The van der Waals surface area contributed by atoms with Gasteiger partial charge in [-0.05, 0) is 24.3 Å². The van der Waals surface area contributed by atoms with Gasteiger partial charge in [-0.3, -0.25) is 19.4 Å². The molecule has 156 valence electrons. The molecule has 0 bridgehead atoms. The fourth-order valence-corrected chi connectivity index (χ4v) is 3.12. The minimum Gasteiger partial charge on any atom is -0.355 e. The predicted molar refractivity (Wildman–Crippen MR) is 109 cm³/mol. The van der Waals surface area contributed by atoms with Gasteiger partial charge >= 0.3 is 0 Å². The first kappa shape index (κ1) is 20.9. The minimum atomic E-state index is -0.151. The zero-order valence-corrected chi connectivity index (χ0v) is 17.1. The van der Waals surface area contributed by atoms with E-state index >= 15 is 0 Å². The quantitative estimate of drug-likeness (QED) is 0.722. The fourth-order valence-electron chi connectivity index (χ4n) is 3.12. The van der Waals surface area contributed by atoms with Gasteiger partial charge in [-0.15, -0.1) is 0 Å². The van der Waals surface area contributed by atoms with Gasteiger partial charge < -0.3 is 15.2 Å². The Labute approximate surface area is 170 Å². The summed E-state index contributed by atoms with van der Waals surface area (Å²) >= 11 is 0. The maximum absolute atomic E-state index is 12.3. The van der Waals surface area contributed by atoms with Crippen molar-refractivity contribution in [3.05, 3.63) is 41.5 Å². The molecule has 1 aromatic heterocycles. The van der Waals surface area contributed by atoms with E-state index in [1.165, 1.54) is 0 Å². The van der Waals surface area contributed by atoms with E-state index in [1.54, 1.807) is 31.3 Å². The van der Waals surface area contributed by atoms with Crippen LogP contribution in [-0.2, 0) is 11.3 Å². The molecule has 9 heteroatoms. The van der Waals surface area contributed by atoms with Crippen molar-refractivity contribution in [2.75, 3.05) is 45.1 Å². The average molecular weight is 400 g/mol. The van der Waals surface area contributed by atoms with Crippen molar-refractivity contribution in [1.29, 1.82) is 0 Å². The second-order valence-electron chi connectivity index (χ2n) is 7.46. The van der Waals surface area contributed by atoms with Crippen molar-refractivity contribution in [1.82, 2.24) is 25.3 Å². The summed E-state index contributed by atoms with van der Waals surface area (Å²) in [5, 5.41) is 9.45. The van der Waals surface area contributed by atoms with E-state index in [2.05, 4.69) is 30.6 Å². The van der Waals surface area contributed by atoms with Crippen molar-refractivity contribution in [3.8, 4) is 0 Å². The standard InChI is InChI=1S/C20H28N6O3/c1-14(2)19-23-18(29-24-19)13-26-10-8-25(9-11-26)12-17(27)22-16-6-4-15(5-7-16)20(28)21-3/h4-7,14H,8-13H2,1-3H3,(H,21,28)(H,22,27). The maximum atomic E-state index is 12.3. The number of aromatic nitrogens is 2. The van der Waals surface area contributed by atoms with Crippen LogP contribution in [0.15, 0.2) is 28.8 Å². The number of nitrogens with zero attached hydrogens (tertiary/aromatic N) is 4. The average Bonchev–Trinajstić information content (AvgIpc) is 3.18. The van der Waals surface area contributed by atoms with Crippen LogP contribution in [0, 0.1) is 0 Å². The van der Waals surface area contributed by atoms with Crippen molar-refractivity contribution in [2.45, 2.75) is 26.3 Å². The monoisotopic (exact) mass is 400 g/mol. The number of benzene rings is 1. The summed E-state index contributed by atoms with van der Waals surface area (Å²) in [6, 6.07) is 6.84. The van der Waals surface area contributed by atoms with E-state index in [9.17, 15) is 9.59 Å². The highest BCUT2D eigenvalue weighted by Crippen LogP contribution is 2.13. The number of rotatable bonds is 7. The predicted octanol–water partition coefficient (Wildman–Crippen LogP) is 1.31. The Bertz CT molecular complexity index is 825. The first-order valence-corrected chi connectivity index (χ1v) is 9.83. The molecule has 29 heavy (non-hydrogen) atoms. The summed E-state index contributed by atoms with van der Waals surface area (Å²) in [6.07, 6.45) is 0. The van der Waals surface area contributed by atoms with Crippen LogP contribution in [0.5, 0.6) is 0 Å². The number of amides is 2. The second-order valence-corrected chi connectivity index (χ2v) is 7.46. The molecule has 0 aliphatic carbocycles. The summed E-state index contributed by atoms with van der Waals surface area (Å²) in [6.45, 7) is 8.33. The molecule has 1 saturated heterocycles. The number of hydrogen-bond acceptors (Lipinski definition) is 7. The molecular formula is C20H28N6O3. The van der Waals surface area contributed by atoms with Gasteiger partial charge in [0.25, 0.3) is 5.91 Å². The van der Waals surface area contributed by atoms with Crippen molar-refractivity contribution in [2.24, 2.45) is 0 Å². The Morgan fingerprint density at radius 2 is 1.76 bits per heavy atom. The molecule has 0 atom stereocenters. The number of hydrogen-bond donors (Lipinski definition) is 2. The van der Waals surface area contributed by atoms with Crippen LogP contribution in [-0.4, -0.2) is 71.5 Å². The van der Waals surface area contributed by atoms with E-state index in [0.717, 1.165) is 32.0 Å². The van der Waals surface area contributed by atoms with Crippen LogP contribution >= 0.6 is 0 Å². The first-order chi connectivity index (χ1) is 13.9. The van der Waals surface area contributed by atoms with Gasteiger partial charge in [0.2, 0.25) is 11.8 Å². The van der Waals surface area contributed by atoms with Gasteiger partial charge in [-0.2, -0.15) is 4.98 Å². The lowest BCUT2D eigenvalue weighted by Gasteiger charge is -2.33. The van der Waals surface area contributed by atoms with Crippen LogP contribution in [0.4, 0.5) is 5.69 Å². The Morgan fingerprint density at radius 3 is 2.34 bits per heavy atom. The molecule has 1 aliphatic rings. The third kappa shape index (κ3) is 5.85. The molecule has 2 amide bonds. The lowest BCUT2D eigenvalue weighted by Crippen LogP contribution is -2.48. The van der Waals surface area contributed by atoms with Gasteiger partial charge in [-0.25, -0.2) is 0 Å². The molecule has 3 rings (SSSR count). The summed E-state index contributed by atoms with van der Waals surface area (Å²) < 4.78 is 5.31. The van der Waals surface area contributed by atoms with Crippen LogP contribution in [0.1, 0.15) is 41.8 Å². The molecule has 2 heterocycles. The van der Waals surface area contributed by atoms with E-state index in [1.807, 2.05) is 13.8 Å². The molecule has 1 fully saturated rings. The zero-order valence-electron chi connectivity index (χ0n) is 17.1. The molecule has 9 nitrogen and oxygen atoms in total. The number of carbonyl (C=O) groups is 2. The lowest BCUT2D eigenvalue weighted by atomic mass is 10.2. The van der Waals surface area contributed by atoms with Gasteiger partial charge in [0.15, 0.2) is 5.82 Å². The van der Waals surface area contributed by atoms with Crippen molar-refractivity contribution < 1.29 is 14.1 Å². The Hall–Kier alpha value is -2.78. The SMILES string of the molecule is CNC(=O)c1ccc(NC(=O)CN2CCN(Cc3nc(C(C)C)no3)CC2)cc1. The largest absolute Gasteiger partial charge is 0.355 e. The molecule has 0 radical (unpaired) electrons. The molecular weight excluding hydrogens is 372 g/mol. The molecule has 1 aliphatic heterocycles. The maximum Gasteiger partial charge on any atom is 0.251 e. The molecule has 2 N–H and O–H groups in total. The first-order valence-electron chi connectivity index (χ1n) is 9.83. The highest BCUT2D eigenvalue weighted by Gasteiger charge is 2.21. The highest BCUT2D eigenvalue weighted by molar-refractivity contribution is 5.96. The van der Waals surface area contributed by atoms with E-state index in [-0.39, 0.29) is 17.7 Å². The van der Waals surface area contributed by atoms with Gasteiger partial charge in [0, 0.05) is 50.4 Å². The van der Waals surface area contributed by atoms with Crippen LogP contribution < -0.4 is 10.6 Å². The van der Waals surface area contributed by atoms with Gasteiger partial charge in [-0.1, -0.05) is 19.0 Å². The summed E-state index contributed by atoms with van der Waals surface area (Å²) in [5.41, 5.74) is 1.24. The van der Waals surface area contributed by atoms with Crippen LogP contribution in [0.2, 0.25) is 0 Å². The summed E-state index contributed by atoms with van der Waals surface area (Å²) in [7, 11) is 1.59. The molecule has 0 unspecified atom stereocenters. The summed E-state index contributed by atoms with van der Waals surface area (Å²) in [4.78, 5) is 32.7. The topological polar surface area (TPSA) is 104 Å². The highest BCUT2D eigenvalue weighted by atomic mass is 16.5. The Kier molecular flexibility index (Phi) is 6.95. The number of carbonyl (C=O) groups excluding carboxylic acids is 2. The minimum absolute atomic E-state index is 0.0652. The molecule has 0 spiro atoms. The second kappa shape index (κ2) is 9.62. The summed E-state index contributed by atoms with van der Waals surface area (Å²) in [5.74, 6) is 1.41. The van der Waals surface area contributed by atoms with Crippen molar-refractivity contribution in [3.63, 3.8) is 0 Å². The Balaban J connectivity index is 1.41. The number of nitrogens with one attached hydrogen (secondary N) is 2. The van der Waals surface area contributed by atoms with E-state index in [4.69, 9.17) is 4.52 Å². The number of piperazine rings is 1. The Morgan fingerprint density at radius 1 is 1.10 bits per heavy atom. The molecule has 1 aromatic carbocycles. The number of anilines is 1. The molecule has 2 aromatic rings. The zero-order chi connectivity index (χ0) is 20.8. The fraction of sp³-hybridized carbons (Fsp3) is 0.500. The van der Waals surface area contributed by atoms with Crippen LogP contribution in [0.25, 0.3) is 0 Å². The normalized spacial score (nSPS) is 15.4.